The summed E-state index contributed by atoms with van der Waals surface area (Å²) in [6.07, 6.45) is 4.32. The summed E-state index contributed by atoms with van der Waals surface area (Å²) in [6, 6.07) is 9.69. The summed E-state index contributed by atoms with van der Waals surface area (Å²) in [5.74, 6) is 0.789. The van der Waals surface area contributed by atoms with Gasteiger partial charge in [0.25, 0.3) is 0 Å². The van der Waals surface area contributed by atoms with E-state index in [-0.39, 0.29) is 24.4 Å². The molecule has 1 fully saturated rings. The molecule has 0 aromatic heterocycles. The molecule has 0 spiro atoms. The molecule has 2 rings (SSSR count). The van der Waals surface area contributed by atoms with Crippen molar-refractivity contribution in [2.24, 2.45) is 11.7 Å². The van der Waals surface area contributed by atoms with Crippen LogP contribution in [0.5, 0.6) is 0 Å². The first kappa shape index (κ1) is 16.0. The normalized spacial score (nSPS) is 17.2. The van der Waals surface area contributed by atoms with Gasteiger partial charge in [0.2, 0.25) is 5.91 Å². The zero-order valence-corrected chi connectivity index (χ0v) is 12.2. The summed E-state index contributed by atoms with van der Waals surface area (Å²) in [6.45, 7) is 2.06. The smallest absolute Gasteiger partial charge is 0.237 e. The Balaban J connectivity index is 0.00000180. The largest absolute Gasteiger partial charge is 0.352 e. The first-order chi connectivity index (χ1) is 8.65. The van der Waals surface area contributed by atoms with Crippen LogP contribution in [-0.2, 0) is 11.2 Å². The summed E-state index contributed by atoms with van der Waals surface area (Å²) in [5, 5.41) is 3.01. The maximum atomic E-state index is 11.9. The average molecular weight is 283 g/mol. The standard InChI is InChI=1S/C15H22N2O.ClH/c1-11(9-13-7-8-13)17-15(18)14(16)10-12-5-3-2-4-6-12;/h2-6,11,13-14H,7-10,16H2,1H3,(H,17,18);1H/t11?,14-;/m0./s1. The van der Waals surface area contributed by atoms with Gasteiger partial charge >= 0.3 is 0 Å². The maximum absolute atomic E-state index is 11.9. The molecule has 0 aliphatic heterocycles. The predicted molar refractivity (Wildman–Crippen MR) is 80.3 cm³/mol. The molecule has 1 aromatic carbocycles. The van der Waals surface area contributed by atoms with Crippen molar-refractivity contribution in [3.05, 3.63) is 35.9 Å². The molecule has 2 atom stereocenters. The van der Waals surface area contributed by atoms with Crippen LogP contribution < -0.4 is 11.1 Å². The Morgan fingerprint density at radius 1 is 1.37 bits per heavy atom. The lowest BCUT2D eigenvalue weighted by Gasteiger charge is -2.17. The van der Waals surface area contributed by atoms with Crippen molar-refractivity contribution in [1.82, 2.24) is 5.32 Å². The number of hydrogen-bond donors (Lipinski definition) is 2. The van der Waals surface area contributed by atoms with Crippen molar-refractivity contribution in [2.45, 2.75) is 44.7 Å². The second-order valence-electron chi connectivity index (χ2n) is 5.38. The van der Waals surface area contributed by atoms with Crippen LogP contribution in [0.3, 0.4) is 0 Å². The number of hydrogen-bond acceptors (Lipinski definition) is 2. The number of benzene rings is 1. The average Bonchev–Trinajstić information content (AvgIpc) is 3.14. The van der Waals surface area contributed by atoms with E-state index in [0.29, 0.717) is 6.42 Å². The van der Waals surface area contributed by atoms with Gasteiger partial charge in [-0.1, -0.05) is 43.2 Å². The van der Waals surface area contributed by atoms with Gasteiger partial charge < -0.3 is 11.1 Å². The van der Waals surface area contributed by atoms with Crippen LogP contribution in [0.1, 0.15) is 31.7 Å². The Morgan fingerprint density at radius 3 is 2.58 bits per heavy atom. The molecule has 1 saturated carbocycles. The number of amides is 1. The minimum Gasteiger partial charge on any atom is -0.352 e. The first-order valence-electron chi connectivity index (χ1n) is 6.75. The predicted octanol–water partition coefficient (Wildman–Crippen LogP) is 2.28. The summed E-state index contributed by atoms with van der Waals surface area (Å²) < 4.78 is 0. The lowest BCUT2D eigenvalue weighted by molar-refractivity contribution is -0.123. The molecule has 1 unspecified atom stereocenters. The summed E-state index contributed by atoms with van der Waals surface area (Å²) >= 11 is 0. The Hall–Kier alpha value is -1.06. The van der Waals surface area contributed by atoms with Gasteiger partial charge in [-0.25, -0.2) is 0 Å². The number of nitrogens with two attached hydrogens (primary N) is 1. The van der Waals surface area contributed by atoms with E-state index in [1.807, 2.05) is 30.3 Å². The molecular weight excluding hydrogens is 260 g/mol. The quantitative estimate of drug-likeness (QED) is 0.841. The van der Waals surface area contributed by atoms with E-state index < -0.39 is 6.04 Å². The molecule has 3 nitrogen and oxygen atoms in total. The van der Waals surface area contributed by atoms with E-state index in [2.05, 4.69) is 12.2 Å². The SMILES string of the molecule is CC(CC1CC1)NC(=O)[C@@H](N)Cc1ccccc1.Cl. The van der Waals surface area contributed by atoms with Crippen LogP contribution in [0.2, 0.25) is 0 Å². The number of rotatable bonds is 6. The molecule has 19 heavy (non-hydrogen) atoms. The van der Waals surface area contributed by atoms with Crippen molar-refractivity contribution in [3.63, 3.8) is 0 Å². The van der Waals surface area contributed by atoms with Crippen LogP contribution in [0, 0.1) is 5.92 Å². The van der Waals surface area contributed by atoms with Gasteiger partial charge in [0.15, 0.2) is 0 Å². The Morgan fingerprint density at radius 2 is 2.00 bits per heavy atom. The third kappa shape index (κ3) is 5.62. The summed E-state index contributed by atoms with van der Waals surface area (Å²) in [5.41, 5.74) is 7.04. The number of carbonyl (C=O) groups excluding carboxylic acids is 1. The van der Waals surface area contributed by atoms with Gasteiger partial charge in [-0.2, -0.15) is 0 Å². The van der Waals surface area contributed by atoms with Crippen molar-refractivity contribution >= 4 is 18.3 Å². The van der Waals surface area contributed by atoms with E-state index in [1.54, 1.807) is 0 Å². The van der Waals surface area contributed by atoms with Crippen LogP contribution in [-0.4, -0.2) is 18.0 Å². The summed E-state index contributed by atoms with van der Waals surface area (Å²) in [7, 11) is 0. The third-order valence-electron chi connectivity index (χ3n) is 3.41. The van der Waals surface area contributed by atoms with Crippen molar-refractivity contribution in [3.8, 4) is 0 Å². The van der Waals surface area contributed by atoms with Crippen LogP contribution >= 0.6 is 12.4 Å². The molecule has 0 radical (unpaired) electrons. The van der Waals surface area contributed by atoms with E-state index in [9.17, 15) is 4.79 Å². The second kappa shape index (κ2) is 7.51. The molecule has 0 bridgehead atoms. The van der Waals surface area contributed by atoms with Gasteiger partial charge in [-0.05, 0) is 31.2 Å². The minimum absolute atomic E-state index is 0. The van der Waals surface area contributed by atoms with Crippen LogP contribution in [0.4, 0.5) is 0 Å². The highest BCUT2D eigenvalue weighted by atomic mass is 35.5. The van der Waals surface area contributed by atoms with E-state index >= 15 is 0 Å². The van der Waals surface area contributed by atoms with Crippen LogP contribution in [0.15, 0.2) is 30.3 Å². The molecule has 1 aliphatic rings. The van der Waals surface area contributed by atoms with Gasteiger partial charge in [0.05, 0.1) is 6.04 Å². The zero-order chi connectivity index (χ0) is 13.0. The van der Waals surface area contributed by atoms with Crippen molar-refractivity contribution in [1.29, 1.82) is 0 Å². The van der Waals surface area contributed by atoms with E-state index in [0.717, 1.165) is 17.9 Å². The lowest BCUT2D eigenvalue weighted by Crippen LogP contribution is -2.45. The Bertz CT molecular complexity index is 392. The number of carbonyl (C=O) groups is 1. The molecule has 1 aromatic rings. The highest BCUT2D eigenvalue weighted by molar-refractivity contribution is 5.85. The fourth-order valence-electron chi connectivity index (χ4n) is 2.22. The van der Waals surface area contributed by atoms with Gasteiger partial charge in [-0.3, -0.25) is 4.79 Å². The molecule has 4 heteroatoms. The van der Waals surface area contributed by atoms with E-state index in [4.69, 9.17) is 5.73 Å². The summed E-state index contributed by atoms with van der Waals surface area (Å²) in [4.78, 5) is 11.9. The molecule has 0 heterocycles. The molecule has 106 valence electrons. The third-order valence-corrected chi connectivity index (χ3v) is 3.41. The van der Waals surface area contributed by atoms with E-state index in [1.165, 1.54) is 12.8 Å². The number of nitrogens with one attached hydrogen (secondary N) is 1. The topological polar surface area (TPSA) is 55.1 Å². The monoisotopic (exact) mass is 282 g/mol. The molecule has 0 saturated heterocycles. The molecule has 1 aliphatic carbocycles. The molecule has 3 N–H and O–H groups in total. The molecular formula is C15H23ClN2O. The fourth-order valence-corrected chi connectivity index (χ4v) is 2.22. The minimum atomic E-state index is -0.450. The fraction of sp³-hybridized carbons (Fsp3) is 0.533. The lowest BCUT2D eigenvalue weighted by atomic mass is 10.1. The van der Waals surface area contributed by atoms with Gasteiger partial charge in [-0.15, -0.1) is 12.4 Å². The zero-order valence-electron chi connectivity index (χ0n) is 11.3. The Labute approximate surface area is 121 Å². The van der Waals surface area contributed by atoms with Crippen molar-refractivity contribution < 1.29 is 4.79 Å². The van der Waals surface area contributed by atoms with Gasteiger partial charge in [0.1, 0.15) is 0 Å². The highest BCUT2D eigenvalue weighted by Gasteiger charge is 2.25. The second-order valence-corrected chi connectivity index (χ2v) is 5.38. The maximum Gasteiger partial charge on any atom is 0.237 e. The van der Waals surface area contributed by atoms with Crippen LogP contribution in [0.25, 0.3) is 0 Å². The highest BCUT2D eigenvalue weighted by Crippen LogP contribution is 2.33. The van der Waals surface area contributed by atoms with Gasteiger partial charge in [0, 0.05) is 6.04 Å². The van der Waals surface area contributed by atoms with Crippen molar-refractivity contribution in [2.75, 3.05) is 0 Å². The molecule has 1 amide bonds. The Kier molecular flexibility index (Phi) is 6.32. The number of halogens is 1. The first-order valence-corrected chi connectivity index (χ1v) is 6.75.